The van der Waals surface area contributed by atoms with Crippen molar-refractivity contribution in [3.8, 4) is 11.1 Å². The van der Waals surface area contributed by atoms with Crippen LogP contribution in [0.2, 0.25) is 0 Å². The lowest BCUT2D eigenvalue weighted by molar-refractivity contribution is 0.0491. The van der Waals surface area contributed by atoms with Gasteiger partial charge >= 0.3 is 5.97 Å². The van der Waals surface area contributed by atoms with E-state index in [0.29, 0.717) is 16.0 Å². The molecule has 0 aliphatic heterocycles. The molecule has 1 aliphatic carbocycles. The van der Waals surface area contributed by atoms with Crippen molar-refractivity contribution in [2.75, 3.05) is 6.61 Å². The second kappa shape index (κ2) is 7.73. The van der Waals surface area contributed by atoms with Crippen molar-refractivity contribution in [2.45, 2.75) is 5.92 Å². The molecule has 0 N–H and O–H groups in total. The number of hydrogen-bond donors (Lipinski definition) is 0. The number of rotatable bonds is 5. The average molecular weight is 410 g/mol. The van der Waals surface area contributed by atoms with E-state index in [2.05, 4.69) is 24.3 Å². The van der Waals surface area contributed by atoms with Gasteiger partial charge in [-0.05, 0) is 39.8 Å². The molecule has 30 heavy (non-hydrogen) atoms. The van der Waals surface area contributed by atoms with Crippen LogP contribution in [0, 0.1) is 0 Å². The van der Waals surface area contributed by atoms with Crippen LogP contribution in [-0.4, -0.2) is 18.4 Å². The molecule has 4 aromatic rings. The number of benzene rings is 3. The summed E-state index contributed by atoms with van der Waals surface area (Å²) < 4.78 is 5.75. The van der Waals surface area contributed by atoms with Gasteiger partial charge in [0.2, 0.25) is 5.78 Å². The van der Waals surface area contributed by atoms with Crippen LogP contribution in [-0.2, 0) is 4.74 Å². The van der Waals surface area contributed by atoms with E-state index in [1.807, 2.05) is 35.7 Å². The molecule has 0 saturated heterocycles. The summed E-state index contributed by atoms with van der Waals surface area (Å²) in [4.78, 5) is 26.4. The van der Waals surface area contributed by atoms with Crippen LogP contribution in [0.3, 0.4) is 0 Å². The van der Waals surface area contributed by atoms with Crippen molar-refractivity contribution in [2.24, 2.45) is 0 Å². The van der Waals surface area contributed by atoms with Crippen LogP contribution in [0.25, 0.3) is 11.1 Å². The zero-order valence-electron chi connectivity index (χ0n) is 16.1. The number of carbonyl (C=O) groups excluding carboxylic acids is 2. The minimum Gasteiger partial charge on any atom is -0.461 e. The highest BCUT2D eigenvalue weighted by Gasteiger charge is 2.29. The zero-order chi connectivity index (χ0) is 20.5. The first-order chi connectivity index (χ1) is 14.7. The number of ether oxygens (including phenoxy) is 1. The van der Waals surface area contributed by atoms with Gasteiger partial charge in [-0.25, -0.2) is 4.79 Å². The number of carbonyl (C=O) groups is 2. The number of fused-ring (bicyclic) bond motifs is 3. The van der Waals surface area contributed by atoms with Gasteiger partial charge in [-0.1, -0.05) is 72.8 Å². The summed E-state index contributed by atoms with van der Waals surface area (Å²) in [5.41, 5.74) is 5.36. The van der Waals surface area contributed by atoms with E-state index in [1.54, 1.807) is 30.3 Å². The Kier molecular flexibility index (Phi) is 4.77. The molecule has 0 bridgehead atoms. The average Bonchev–Trinajstić information content (AvgIpc) is 3.44. The fourth-order valence-electron chi connectivity index (χ4n) is 4.08. The molecule has 1 aromatic heterocycles. The van der Waals surface area contributed by atoms with Crippen LogP contribution in [0.5, 0.6) is 0 Å². The largest absolute Gasteiger partial charge is 0.461 e. The fourth-order valence-corrected chi connectivity index (χ4v) is 4.75. The third-order valence-corrected chi connectivity index (χ3v) is 6.35. The Morgan fingerprint density at radius 3 is 1.97 bits per heavy atom. The van der Waals surface area contributed by atoms with Gasteiger partial charge in [0.25, 0.3) is 0 Å². The summed E-state index contributed by atoms with van der Waals surface area (Å²) in [7, 11) is 0. The van der Waals surface area contributed by atoms with Gasteiger partial charge < -0.3 is 4.74 Å². The Morgan fingerprint density at radius 2 is 1.33 bits per heavy atom. The molecule has 1 heterocycles. The van der Waals surface area contributed by atoms with Crippen molar-refractivity contribution >= 4 is 23.1 Å². The Morgan fingerprint density at radius 1 is 0.733 bits per heavy atom. The number of thiophene rings is 1. The first kappa shape index (κ1) is 18.5. The van der Waals surface area contributed by atoms with E-state index in [9.17, 15) is 9.59 Å². The van der Waals surface area contributed by atoms with E-state index in [4.69, 9.17) is 4.74 Å². The van der Waals surface area contributed by atoms with Crippen molar-refractivity contribution in [3.63, 3.8) is 0 Å². The summed E-state index contributed by atoms with van der Waals surface area (Å²) >= 11 is 1.36. The first-order valence-corrected chi connectivity index (χ1v) is 10.6. The minimum absolute atomic E-state index is 0.0125. The molecule has 0 radical (unpaired) electrons. The predicted octanol–water partition coefficient (Wildman–Crippen LogP) is 5.95. The van der Waals surface area contributed by atoms with Crippen LogP contribution in [0.1, 0.15) is 42.6 Å². The topological polar surface area (TPSA) is 43.4 Å². The molecular weight excluding hydrogens is 392 g/mol. The quantitative estimate of drug-likeness (QED) is 0.302. The van der Waals surface area contributed by atoms with Crippen molar-refractivity contribution in [3.05, 3.63) is 117 Å². The SMILES string of the molecule is O=C(OCC1c2ccccc2-c2ccccc21)c1ccccc1C(=O)c1cccs1. The van der Waals surface area contributed by atoms with Crippen molar-refractivity contribution < 1.29 is 14.3 Å². The van der Waals surface area contributed by atoms with E-state index in [1.165, 1.54) is 22.5 Å². The van der Waals surface area contributed by atoms with Crippen LogP contribution in [0.15, 0.2) is 90.3 Å². The maximum atomic E-state index is 12.9. The van der Waals surface area contributed by atoms with Gasteiger partial charge in [-0.15, -0.1) is 11.3 Å². The zero-order valence-corrected chi connectivity index (χ0v) is 16.9. The lowest BCUT2D eigenvalue weighted by atomic mass is 9.98. The molecule has 3 aromatic carbocycles. The van der Waals surface area contributed by atoms with Crippen LogP contribution >= 0.6 is 11.3 Å². The molecule has 146 valence electrons. The van der Waals surface area contributed by atoms with Gasteiger partial charge in [0.1, 0.15) is 6.61 Å². The normalized spacial score (nSPS) is 12.3. The number of hydrogen-bond acceptors (Lipinski definition) is 4. The second-order valence-corrected chi connectivity index (χ2v) is 8.13. The number of esters is 1. The van der Waals surface area contributed by atoms with Crippen LogP contribution in [0.4, 0.5) is 0 Å². The van der Waals surface area contributed by atoms with Gasteiger partial charge in [-0.3, -0.25) is 4.79 Å². The predicted molar refractivity (Wildman–Crippen MR) is 118 cm³/mol. The van der Waals surface area contributed by atoms with Crippen molar-refractivity contribution in [1.82, 2.24) is 0 Å². The summed E-state index contributed by atoms with van der Waals surface area (Å²) in [5, 5.41) is 1.85. The molecule has 0 unspecified atom stereocenters. The van der Waals surface area contributed by atoms with Gasteiger partial charge in [0.05, 0.1) is 10.4 Å². The van der Waals surface area contributed by atoms with E-state index < -0.39 is 5.97 Å². The van der Waals surface area contributed by atoms with Gasteiger partial charge in [-0.2, -0.15) is 0 Å². The molecule has 0 fully saturated rings. The van der Waals surface area contributed by atoms with E-state index in [-0.39, 0.29) is 18.3 Å². The Labute approximate surface area is 178 Å². The Bertz CT molecular complexity index is 1200. The monoisotopic (exact) mass is 410 g/mol. The molecular formula is C26H18O3S. The smallest absolute Gasteiger partial charge is 0.338 e. The molecule has 0 atom stereocenters. The standard InChI is InChI=1S/C26H18O3S/c27-25(24-14-7-15-30-24)21-12-5-6-13-22(21)26(28)29-16-23-19-10-3-1-8-17(19)18-9-2-4-11-20(18)23/h1-15,23H,16H2. The first-order valence-electron chi connectivity index (χ1n) is 9.76. The summed E-state index contributed by atoms with van der Waals surface area (Å²) in [6.07, 6.45) is 0. The fraction of sp³-hybridized carbons (Fsp3) is 0.0769. The molecule has 1 aliphatic rings. The third-order valence-electron chi connectivity index (χ3n) is 5.48. The summed E-state index contributed by atoms with van der Waals surface area (Å²) in [5.74, 6) is -0.645. The Balaban J connectivity index is 1.41. The second-order valence-electron chi connectivity index (χ2n) is 7.18. The third kappa shape index (κ3) is 3.15. The molecule has 0 spiro atoms. The van der Waals surface area contributed by atoms with Gasteiger partial charge in [0, 0.05) is 11.5 Å². The maximum absolute atomic E-state index is 12.9. The lowest BCUT2D eigenvalue weighted by Crippen LogP contribution is -2.16. The van der Waals surface area contributed by atoms with Crippen LogP contribution < -0.4 is 0 Å². The summed E-state index contributed by atoms with van der Waals surface area (Å²) in [6, 6.07) is 26.9. The van der Waals surface area contributed by atoms with Crippen molar-refractivity contribution in [1.29, 1.82) is 0 Å². The molecule has 0 saturated carbocycles. The highest BCUT2D eigenvalue weighted by molar-refractivity contribution is 7.12. The minimum atomic E-state index is -0.475. The number of ketones is 1. The molecule has 0 amide bonds. The highest BCUT2D eigenvalue weighted by Crippen LogP contribution is 2.44. The summed E-state index contributed by atoms with van der Waals surface area (Å²) in [6.45, 7) is 0.231. The lowest BCUT2D eigenvalue weighted by Gasteiger charge is -2.15. The Hall–Kier alpha value is -3.50. The highest BCUT2D eigenvalue weighted by atomic mass is 32.1. The van der Waals surface area contributed by atoms with E-state index in [0.717, 1.165) is 11.1 Å². The molecule has 4 heteroatoms. The maximum Gasteiger partial charge on any atom is 0.338 e. The van der Waals surface area contributed by atoms with E-state index >= 15 is 0 Å². The molecule has 5 rings (SSSR count). The van der Waals surface area contributed by atoms with Gasteiger partial charge in [0.15, 0.2) is 0 Å². The molecule has 3 nitrogen and oxygen atoms in total.